The smallest absolute Gasteiger partial charge is 0.130 e. The summed E-state index contributed by atoms with van der Waals surface area (Å²) in [5.74, 6) is -0.945. The second kappa shape index (κ2) is 10.7. The monoisotopic (exact) mass is 297 g/mol. The molecule has 0 spiro atoms. The Morgan fingerprint density at radius 1 is 0.952 bits per heavy atom. The molecule has 0 aromatic heterocycles. The van der Waals surface area contributed by atoms with E-state index in [0.717, 1.165) is 31.9 Å². The van der Waals surface area contributed by atoms with Crippen molar-refractivity contribution in [1.29, 1.82) is 0 Å². The van der Waals surface area contributed by atoms with Crippen molar-refractivity contribution in [2.24, 2.45) is 0 Å². The molecule has 0 aliphatic rings. The van der Waals surface area contributed by atoms with Gasteiger partial charge in [0, 0.05) is 17.7 Å². The van der Waals surface area contributed by atoms with Crippen LogP contribution in [0.5, 0.6) is 0 Å². The largest absolute Gasteiger partial charge is 0.310 e. The van der Waals surface area contributed by atoms with Crippen LogP contribution in [0, 0.1) is 11.6 Å². The number of rotatable bonds is 11. The van der Waals surface area contributed by atoms with Crippen molar-refractivity contribution in [3.8, 4) is 0 Å². The van der Waals surface area contributed by atoms with E-state index >= 15 is 0 Å². The summed E-state index contributed by atoms with van der Waals surface area (Å²) in [6, 6.07) is 3.91. The van der Waals surface area contributed by atoms with Crippen LogP contribution in [-0.2, 0) is 0 Å². The molecule has 0 aliphatic carbocycles. The van der Waals surface area contributed by atoms with E-state index in [4.69, 9.17) is 0 Å². The first-order valence-electron chi connectivity index (χ1n) is 8.37. The summed E-state index contributed by atoms with van der Waals surface area (Å²) in [6.07, 6.45) is 9.28. The van der Waals surface area contributed by atoms with Crippen LogP contribution in [0.3, 0.4) is 0 Å². The molecule has 0 bridgehead atoms. The second-order valence-corrected chi connectivity index (χ2v) is 5.73. The summed E-state index contributed by atoms with van der Waals surface area (Å²) in [6.45, 7) is 5.16. The lowest BCUT2D eigenvalue weighted by atomic mass is 9.99. The number of hydrogen-bond donors (Lipinski definition) is 1. The first-order chi connectivity index (χ1) is 10.2. The van der Waals surface area contributed by atoms with E-state index in [1.54, 1.807) is 6.07 Å². The molecule has 0 radical (unpaired) electrons. The Labute approximate surface area is 128 Å². The topological polar surface area (TPSA) is 12.0 Å². The molecule has 1 atom stereocenters. The van der Waals surface area contributed by atoms with E-state index in [2.05, 4.69) is 19.2 Å². The summed E-state index contributed by atoms with van der Waals surface area (Å²) >= 11 is 0. The molecule has 1 aromatic rings. The van der Waals surface area contributed by atoms with Gasteiger partial charge in [-0.05, 0) is 25.5 Å². The molecule has 0 saturated heterocycles. The average molecular weight is 297 g/mol. The van der Waals surface area contributed by atoms with Crippen LogP contribution in [-0.4, -0.2) is 6.54 Å². The molecular weight excluding hydrogens is 268 g/mol. The van der Waals surface area contributed by atoms with Crippen molar-refractivity contribution >= 4 is 0 Å². The summed E-state index contributed by atoms with van der Waals surface area (Å²) in [4.78, 5) is 0. The highest BCUT2D eigenvalue weighted by molar-refractivity contribution is 5.22. The molecular formula is C18H29F2N. The molecule has 1 unspecified atom stereocenters. The maximum Gasteiger partial charge on any atom is 0.130 e. The van der Waals surface area contributed by atoms with E-state index in [-0.39, 0.29) is 6.04 Å². The average Bonchev–Trinajstić information content (AvgIpc) is 2.46. The highest BCUT2D eigenvalue weighted by atomic mass is 19.1. The van der Waals surface area contributed by atoms with Gasteiger partial charge in [-0.2, -0.15) is 0 Å². The van der Waals surface area contributed by atoms with Gasteiger partial charge in [0.25, 0.3) is 0 Å². The fourth-order valence-electron chi connectivity index (χ4n) is 2.60. The highest BCUT2D eigenvalue weighted by Gasteiger charge is 2.15. The lowest BCUT2D eigenvalue weighted by Gasteiger charge is -2.19. The first kappa shape index (κ1) is 18.1. The van der Waals surface area contributed by atoms with Gasteiger partial charge in [0.2, 0.25) is 0 Å². The third kappa shape index (κ3) is 7.03. The maximum absolute atomic E-state index is 13.9. The fraction of sp³-hybridized carbons (Fsp3) is 0.667. The molecule has 1 aromatic carbocycles. The predicted octanol–water partition coefficient (Wildman–Crippen LogP) is 5.76. The van der Waals surface area contributed by atoms with Crippen molar-refractivity contribution in [2.45, 2.75) is 71.3 Å². The summed E-state index contributed by atoms with van der Waals surface area (Å²) in [5.41, 5.74) is 0.596. The van der Waals surface area contributed by atoms with E-state index in [1.807, 2.05) is 0 Å². The van der Waals surface area contributed by atoms with Gasteiger partial charge < -0.3 is 5.32 Å². The lowest BCUT2D eigenvalue weighted by molar-refractivity contribution is 0.446. The number of unbranched alkanes of at least 4 members (excludes halogenated alkanes) is 5. The maximum atomic E-state index is 13.9. The van der Waals surface area contributed by atoms with Crippen molar-refractivity contribution < 1.29 is 8.78 Å². The molecule has 0 aliphatic heterocycles. The SMILES string of the molecule is CCCCCCCCC(NCCC)c1ccc(F)cc1F. The van der Waals surface area contributed by atoms with Crippen molar-refractivity contribution in [1.82, 2.24) is 5.32 Å². The molecule has 1 rings (SSSR count). The van der Waals surface area contributed by atoms with Crippen LogP contribution in [0.15, 0.2) is 18.2 Å². The van der Waals surface area contributed by atoms with Gasteiger partial charge in [-0.1, -0.05) is 58.4 Å². The van der Waals surface area contributed by atoms with Crippen molar-refractivity contribution in [3.63, 3.8) is 0 Å². The van der Waals surface area contributed by atoms with E-state index in [9.17, 15) is 8.78 Å². The molecule has 3 heteroatoms. The number of halogens is 2. The molecule has 0 fully saturated rings. The van der Waals surface area contributed by atoms with Crippen LogP contribution in [0.4, 0.5) is 8.78 Å². The number of nitrogens with one attached hydrogen (secondary N) is 1. The Bertz CT molecular complexity index is 393. The zero-order chi connectivity index (χ0) is 15.5. The van der Waals surface area contributed by atoms with Gasteiger partial charge in [0.1, 0.15) is 11.6 Å². The Morgan fingerprint density at radius 2 is 1.67 bits per heavy atom. The van der Waals surface area contributed by atoms with Crippen molar-refractivity contribution in [3.05, 3.63) is 35.4 Å². The molecule has 0 saturated carbocycles. The van der Waals surface area contributed by atoms with Gasteiger partial charge in [0.15, 0.2) is 0 Å². The zero-order valence-corrected chi connectivity index (χ0v) is 13.4. The fourth-order valence-corrected chi connectivity index (χ4v) is 2.60. The third-order valence-corrected chi connectivity index (χ3v) is 3.83. The Balaban J connectivity index is 2.50. The lowest BCUT2D eigenvalue weighted by Crippen LogP contribution is -2.23. The van der Waals surface area contributed by atoms with Gasteiger partial charge in [-0.15, -0.1) is 0 Å². The quantitative estimate of drug-likeness (QED) is 0.512. The van der Waals surface area contributed by atoms with Gasteiger partial charge in [-0.25, -0.2) is 8.78 Å². The van der Waals surface area contributed by atoms with Crippen LogP contribution >= 0.6 is 0 Å². The van der Waals surface area contributed by atoms with E-state index < -0.39 is 11.6 Å². The van der Waals surface area contributed by atoms with Gasteiger partial charge in [-0.3, -0.25) is 0 Å². The first-order valence-corrected chi connectivity index (χ1v) is 8.37. The van der Waals surface area contributed by atoms with Crippen molar-refractivity contribution in [2.75, 3.05) is 6.54 Å². The normalized spacial score (nSPS) is 12.6. The molecule has 0 heterocycles. The Kier molecular flexibility index (Phi) is 9.24. The van der Waals surface area contributed by atoms with Crippen LogP contribution in [0.2, 0.25) is 0 Å². The second-order valence-electron chi connectivity index (χ2n) is 5.73. The molecule has 120 valence electrons. The minimum absolute atomic E-state index is 0.00303. The van der Waals surface area contributed by atoms with Gasteiger partial charge in [0.05, 0.1) is 0 Å². The Morgan fingerprint density at radius 3 is 2.33 bits per heavy atom. The molecule has 1 N–H and O–H groups in total. The molecule has 1 nitrogen and oxygen atoms in total. The van der Waals surface area contributed by atoms with Crippen LogP contribution < -0.4 is 5.32 Å². The summed E-state index contributed by atoms with van der Waals surface area (Å²) in [5, 5.41) is 3.39. The minimum Gasteiger partial charge on any atom is -0.310 e. The number of benzene rings is 1. The highest BCUT2D eigenvalue weighted by Crippen LogP contribution is 2.23. The summed E-state index contributed by atoms with van der Waals surface area (Å²) in [7, 11) is 0. The Hall–Kier alpha value is -0.960. The van der Waals surface area contributed by atoms with E-state index in [0.29, 0.717) is 5.56 Å². The molecule has 0 amide bonds. The van der Waals surface area contributed by atoms with E-state index in [1.165, 1.54) is 38.2 Å². The predicted molar refractivity (Wildman–Crippen MR) is 85.4 cm³/mol. The summed E-state index contributed by atoms with van der Waals surface area (Å²) < 4.78 is 27.0. The van der Waals surface area contributed by atoms with Crippen LogP contribution in [0.1, 0.15) is 76.8 Å². The number of hydrogen-bond acceptors (Lipinski definition) is 1. The minimum atomic E-state index is -0.509. The van der Waals surface area contributed by atoms with Crippen LogP contribution in [0.25, 0.3) is 0 Å². The molecule has 21 heavy (non-hydrogen) atoms. The third-order valence-electron chi connectivity index (χ3n) is 3.83. The zero-order valence-electron chi connectivity index (χ0n) is 13.4. The van der Waals surface area contributed by atoms with Gasteiger partial charge >= 0.3 is 0 Å². The standard InChI is InChI=1S/C18H29F2N/c1-3-5-6-7-8-9-10-18(21-13-4-2)16-12-11-15(19)14-17(16)20/h11-12,14,18,21H,3-10,13H2,1-2H3.